The van der Waals surface area contributed by atoms with Gasteiger partial charge in [-0.1, -0.05) is 210 Å². The average Bonchev–Trinajstić information content (AvgIpc) is 3.12. The first-order valence-electron chi connectivity index (χ1n) is 21.8. The molecule has 0 bridgehead atoms. The van der Waals surface area contributed by atoms with E-state index in [-0.39, 0.29) is 12.5 Å². The summed E-state index contributed by atoms with van der Waals surface area (Å²) in [5.41, 5.74) is 0. The monoisotopic (exact) mass is 700 g/mol. The van der Waals surface area contributed by atoms with Crippen LogP contribution in [0.3, 0.4) is 0 Å². The fourth-order valence-electron chi connectivity index (χ4n) is 6.53. The van der Waals surface area contributed by atoms with Gasteiger partial charge in [0, 0.05) is 6.42 Å². The van der Waals surface area contributed by atoms with E-state index in [1.165, 1.54) is 141 Å². The summed E-state index contributed by atoms with van der Waals surface area (Å²) in [6, 6.07) is -0.530. The number of aliphatic hydroxyl groups is 2. The molecule has 50 heavy (non-hydrogen) atoms. The first-order valence-corrected chi connectivity index (χ1v) is 21.8. The average molecular weight is 700 g/mol. The van der Waals surface area contributed by atoms with Gasteiger partial charge in [0.25, 0.3) is 0 Å². The topological polar surface area (TPSA) is 69.6 Å². The van der Waals surface area contributed by atoms with Gasteiger partial charge >= 0.3 is 0 Å². The fourth-order valence-corrected chi connectivity index (χ4v) is 6.53. The van der Waals surface area contributed by atoms with Crippen molar-refractivity contribution in [1.29, 1.82) is 0 Å². The second kappa shape index (κ2) is 41.8. The third kappa shape index (κ3) is 37.6. The first-order chi connectivity index (χ1) is 24.7. The molecule has 0 saturated heterocycles. The lowest BCUT2D eigenvalue weighted by atomic mass is 10.0. The summed E-state index contributed by atoms with van der Waals surface area (Å²) >= 11 is 0. The third-order valence-electron chi connectivity index (χ3n) is 9.85. The van der Waals surface area contributed by atoms with E-state index in [4.69, 9.17) is 0 Å². The van der Waals surface area contributed by atoms with Crippen LogP contribution in [0.4, 0.5) is 0 Å². The number of allylic oxidation sites excluding steroid dienone is 8. The van der Waals surface area contributed by atoms with Crippen LogP contribution < -0.4 is 5.32 Å². The van der Waals surface area contributed by atoms with Crippen molar-refractivity contribution in [3.8, 4) is 0 Å². The molecule has 292 valence electrons. The van der Waals surface area contributed by atoms with Gasteiger partial charge in [0.05, 0.1) is 18.8 Å². The van der Waals surface area contributed by atoms with Crippen LogP contribution in [-0.2, 0) is 4.79 Å². The zero-order valence-electron chi connectivity index (χ0n) is 33.4. The largest absolute Gasteiger partial charge is 0.394 e. The minimum atomic E-state index is -0.653. The SMILES string of the molecule is CC/C=C\C/C=C\C/C=C\C/C=C\CCCCCCCCCCCCCCCCCCCCCCC(=O)NC(CO)C(O)CCCCCCC. The van der Waals surface area contributed by atoms with Gasteiger partial charge in [0.2, 0.25) is 5.91 Å². The van der Waals surface area contributed by atoms with Crippen LogP contribution in [0, 0.1) is 0 Å². The number of aliphatic hydroxyl groups excluding tert-OH is 2. The van der Waals surface area contributed by atoms with Gasteiger partial charge in [-0.2, -0.15) is 0 Å². The smallest absolute Gasteiger partial charge is 0.220 e. The van der Waals surface area contributed by atoms with Crippen LogP contribution in [0.1, 0.15) is 219 Å². The molecule has 4 nitrogen and oxygen atoms in total. The molecule has 0 spiro atoms. The molecule has 0 radical (unpaired) electrons. The van der Waals surface area contributed by atoms with Gasteiger partial charge in [0.1, 0.15) is 0 Å². The standard InChI is InChI=1S/C46H85NO3/c1-3-5-7-9-10-11-12-13-14-15-16-17-18-19-20-21-22-23-24-25-26-27-28-29-30-31-32-33-34-35-36-38-40-42-46(50)47-44(43-48)45(49)41-39-37-8-6-4-2/h5,7,10-11,13-14,16-17,44-45,48-49H,3-4,6,8-9,12,15,18-43H2,1-2H3,(H,47,50)/b7-5-,11-10-,14-13-,17-16-. The van der Waals surface area contributed by atoms with Crippen LogP contribution in [0.5, 0.6) is 0 Å². The summed E-state index contributed by atoms with van der Waals surface area (Å²) in [5.74, 6) is -0.0375. The van der Waals surface area contributed by atoms with Gasteiger partial charge in [-0.25, -0.2) is 0 Å². The van der Waals surface area contributed by atoms with Crippen molar-refractivity contribution >= 4 is 5.91 Å². The zero-order valence-corrected chi connectivity index (χ0v) is 33.4. The number of rotatable bonds is 39. The van der Waals surface area contributed by atoms with Gasteiger partial charge in [-0.15, -0.1) is 0 Å². The Morgan fingerprint density at radius 1 is 0.500 bits per heavy atom. The number of nitrogens with one attached hydrogen (secondary N) is 1. The Morgan fingerprint density at radius 3 is 1.32 bits per heavy atom. The molecule has 0 aliphatic heterocycles. The number of hydrogen-bond acceptors (Lipinski definition) is 3. The maximum absolute atomic E-state index is 12.3. The highest BCUT2D eigenvalue weighted by atomic mass is 16.3. The molecule has 3 N–H and O–H groups in total. The van der Waals surface area contributed by atoms with Gasteiger partial charge in [-0.05, 0) is 51.4 Å². The number of amides is 1. The molecule has 0 aromatic rings. The quantitative estimate of drug-likeness (QED) is 0.0442. The third-order valence-corrected chi connectivity index (χ3v) is 9.85. The minimum Gasteiger partial charge on any atom is -0.394 e. The zero-order chi connectivity index (χ0) is 36.4. The lowest BCUT2D eigenvalue weighted by Crippen LogP contribution is -2.45. The number of unbranched alkanes of at least 4 members (excludes halogenated alkanes) is 24. The van der Waals surface area contributed by atoms with Crippen LogP contribution in [0.15, 0.2) is 48.6 Å². The summed E-state index contributed by atoms with van der Waals surface area (Å²) in [7, 11) is 0. The summed E-state index contributed by atoms with van der Waals surface area (Å²) < 4.78 is 0. The molecule has 0 fully saturated rings. The summed E-state index contributed by atoms with van der Waals surface area (Å²) in [6.07, 6.45) is 56.7. The molecule has 2 unspecified atom stereocenters. The maximum atomic E-state index is 12.3. The highest BCUT2D eigenvalue weighted by molar-refractivity contribution is 5.76. The van der Waals surface area contributed by atoms with Crippen molar-refractivity contribution in [2.45, 2.75) is 231 Å². The van der Waals surface area contributed by atoms with Crippen molar-refractivity contribution < 1.29 is 15.0 Å². The molecule has 2 atom stereocenters. The number of carbonyl (C=O) groups is 1. The highest BCUT2D eigenvalue weighted by Gasteiger charge is 2.19. The van der Waals surface area contributed by atoms with Gasteiger partial charge < -0.3 is 15.5 Å². The van der Waals surface area contributed by atoms with Crippen molar-refractivity contribution in [2.24, 2.45) is 0 Å². The molecule has 0 saturated carbocycles. The van der Waals surface area contributed by atoms with Crippen LogP contribution >= 0.6 is 0 Å². The normalized spacial score (nSPS) is 13.4. The molecule has 0 rings (SSSR count). The Balaban J connectivity index is 3.35. The van der Waals surface area contributed by atoms with E-state index in [2.05, 4.69) is 67.8 Å². The van der Waals surface area contributed by atoms with Crippen molar-refractivity contribution in [3.63, 3.8) is 0 Å². The second-order valence-electron chi connectivity index (χ2n) is 14.7. The molecule has 1 amide bonds. The molecule has 0 heterocycles. The van der Waals surface area contributed by atoms with Crippen LogP contribution in [0.2, 0.25) is 0 Å². The van der Waals surface area contributed by atoms with Crippen LogP contribution in [0.25, 0.3) is 0 Å². The van der Waals surface area contributed by atoms with Crippen LogP contribution in [-0.4, -0.2) is 34.9 Å². The molecular formula is C46H85NO3. The Hall–Kier alpha value is -1.65. The molecule has 0 aliphatic carbocycles. The Labute approximate surface area is 312 Å². The summed E-state index contributed by atoms with van der Waals surface area (Å²) in [4.78, 5) is 12.3. The molecule has 0 aromatic heterocycles. The second-order valence-corrected chi connectivity index (χ2v) is 14.7. The predicted octanol–water partition coefficient (Wildman–Crippen LogP) is 13.6. The Morgan fingerprint density at radius 2 is 0.880 bits per heavy atom. The van der Waals surface area contributed by atoms with Crippen molar-refractivity contribution in [2.75, 3.05) is 6.61 Å². The first kappa shape index (κ1) is 48.3. The molecular weight excluding hydrogens is 615 g/mol. The molecule has 0 aromatic carbocycles. The van der Waals surface area contributed by atoms with E-state index >= 15 is 0 Å². The lowest BCUT2D eigenvalue weighted by molar-refractivity contribution is -0.123. The van der Waals surface area contributed by atoms with Crippen molar-refractivity contribution in [3.05, 3.63) is 48.6 Å². The summed E-state index contributed by atoms with van der Waals surface area (Å²) in [6.45, 7) is 4.17. The van der Waals surface area contributed by atoms with E-state index in [1.54, 1.807) is 0 Å². The number of carbonyl (C=O) groups excluding carboxylic acids is 1. The van der Waals surface area contributed by atoms with Gasteiger partial charge in [0.15, 0.2) is 0 Å². The van der Waals surface area contributed by atoms with E-state index in [1.807, 2.05) is 0 Å². The van der Waals surface area contributed by atoms with E-state index in [0.717, 1.165) is 51.4 Å². The van der Waals surface area contributed by atoms with Crippen molar-refractivity contribution in [1.82, 2.24) is 5.32 Å². The van der Waals surface area contributed by atoms with E-state index in [9.17, 15) is 15.0 Å². The maximum Gasteiger partial charge on any atom is 0.220 e. The van der Waals surface area contributed by atoms with Gasteiger partial charge in [-0.3, -0.25) is 4.79 Å². The van der Waals surface area contributed by atoms with E-state index in [0.29, 0.717) is 12.8 Å². The lowest BCUT2D eigenvalue weighted by Gasteiger charge is -2.22. The Kier molecular flexibility index (Phi) is 40.4. The molecule has 4 heteroatoms. The summed E-state index contributed by atoms with van der Waals surface area (Å²) in [5, 5.41) is 22.8. The highest BCUT2D eigenvalue weighted by Crippen LogP contribution is 2.16. The molecule has 0 aliphatic rings. The fraction of sp³-hybridized carbons (Fsp3) is 0.804. The number of hydrogen-bond donors (Lipinski definition) is 3. The Bertz CT molecular complexity index is 801. The van der Waals surface area contributed by atoms with E-state index < -0.39 is 12.1 Å². The predicted molar refractivity (Wildman–Crippen MR) is 221 cm³/mol. The minimum absolute atomic E-state index is 0.0375.